The molecule has 1 heterocycles. The van der Waals surface area contributed by atoms with Crippen molar-refractivity contribution in [2.75, 3.05) is 6.54 Å². The van der Waals surface area contributed by atoms with Crippen molar-refractivity contribution in [1.82, 2.24) is 15.5 Å². The number of rotatable bonds is 5. The lowest BCUT2D eigenvalue weighted by Gasteiger charge is -1.97. The van der Waals surface area contributed by atoms with Crippen LogP contribution >= 0.6 is 0 Å². The Bertz CT molecular complexity index is 581. The van der Waals surface area contributed by atoms with E-state index in [2.05, 4.69) is 15.5 Å². The van der Waals surface area contributed by atoms with Gasteiger partial charge in [0.05, 0.1) is 0 Å². The lowest BCUT2D eigenvalue weighted by atomic mass is 10.2. The van der Waals surface area contributed by atoms with Crippen LogP contribution < -0.4 is 5.32 Å². The van der Waals surface area contributed by atoms with Crippen molar-refractivity contribution in [1.29, 1.82) is 0 Å². The standard InChI is InChI=1S/C13H13F2N3O/c14-10-4-1-8(7-11(10)15)13-17-12(19-18-13)5-6-16-9-2-3-9/h1,4,7,9,16H,2-3,5-6H2. The maximum Gasteiger partial charge on any atom is 0.228 e. The zero-order chi connectivity index (χ0) is 13.2. The zero-order valence-corrected chi connectivity index (χ0v) is 10.2. The lowest BCUT2D eigenvalue weighted by Crippen LogP contribution is -2.19. The zero-order valence-electron chi connectivity index (χ0n) is 10.2. The topological polar surface area (TPSA) is 51.0 Å². The molecule has 1 aromatic heterocycles. The third kappa shape index (κ3) is 2.96. The summed E-state index contributed by atoms with van der Waals surface area (Å²) < 4.78 is 31.0. The van der Waals surface area contributed by atoms with Gasteiger partial charge in [0.25, 0.3) is 0 Å². The number of halogens is 2. The maximum atomic E-state index is 13.1. The molecule has 0 saturated heterocycles. The predicted molar refractivity (Wildman–Crippen MR) is 64.4 cm³/mol. The third-order valence-corrected chi connectivity index (χ3v) is 3.00. The number of nitrogens with one attached hydrogen (secondary N) is 1. The van der Waals surface area contributed by atoms with Crippen molar-refractivity contribution < 1.29 is 13.3 Å². The summed E-state index contributed by atoms with van der Waals surface area (Å²) in [5.74, 6) is -1.03. The smallest absolute Gasteiger partial charge is 0.228 e. The first kappa shape index (κ1) is 12.2. The molecule has 0 atom stereocenters. The summed E-state index contributed by atoms with van der Waals surface area (Å²) in [6.45, 7) is 0.782. The Morgan fingerprint density at radius 3 is 2.84 bits per heavy atom. The minimum absolute atomic E-state index is 0.278. The first-order valence-corrected chi connectivity index (χ1v) is 6.24. The van der Waals surface area contributed by atoms with E-state index in [-0.39, 0.29) is 5.82 Å². The summed E-state index contributed by atoms with van der Waals surface area (Å²) in [6, 6.07) is 4.17. The van der Waals surface area contributed by atoms with E-state index < -0.39 is 11.6 Å². The van der Waals surface area contributed by atoms with E-state index in [1.807, 2.05) is 0 Å². The molecule has 2 aromatic rings. The van der Waals surface area contributed by atoms with Gasteiger partial charge in [-0.1, -0.05) is 5.16 Å². The molecule has 3 rings (SSSR count). The van der Waals surface area contributed by atoms with Gasteiger partial charge in [0.1, 0.15) is 0 Å². The van der Waals surface area contributed by atoms with Crippen LogP contribution in [0.1, 0.15) is 18.7 Å². The fraction of sp³-hybridized carbons (Fsp3) is 0.385. The van der Waals surface area contributed by atoms with Crippen LogP contribution in [0.25, 0.3) is 11.4 Å². The molecule has 1 N–H and O–H groups in total. The van der Waals surface area contributed by atoms with Crippen molar-refractivity contribution >= 4 is 0 Å². The average Bonchev–Trinajstić information content (AvgIpc) is 3.10. The van der Waals surface area contributed by atoms with Crippen molar-refractivity contribution in [3.63, 3.8) is 0 Å². The summed E-state index contributed by atoms with van der Waals surface area (Å²) in [7, 11) is 0. The van der Waals surface area contributed by atoms with E-state index in [0.717, 1.165) is 18.7 Å². The largest absolute Gasteiger partial charge is 0.339 e. The Balaban J connectivity index is 1.67. The second-order valence-electron chi connectivity index (χ2n) is 4.62. The molecule has 1 saturated carbocycles. The van der Waals surface area contributed by atoms with E-state index >= 15 is 0 Å². The normalized spacial score (nSPS) is 14.8. The third-order valence-electron chi connectivity index (χ3n) is 3.00. The number of nitrogens with zero attached hydrogens (tertiary/aromatic N) is 2. The molecule has 1 aliphatic carbocycles. The van der Waals surface area contributed by atoms with Crippen LogP contribution in [-0.4, -0.2) is 22.7 Å². The summed E-state index contributed by atoms with van der Waals surface area (Å²) in [4.78, 5) is 4.16. The SMILES string of the molecule is Fc1ccc(-c2noc(CCNC3CC3)n2)cc1F. The quantitative estimate of drug-likeness (QED) is 0.901. The number of hydrogen-bond acceptors (Lipinski definition) is 4. The molecule has 1 fully saturated rings. The van der Waals surface area contributed by atoms with E-state index in [4.69, 9.17) is 4.52 Å². The van der Waals surface area contributed by atoms with Gasteiger partial charge in [0.15, 0.2) is 11.6 Å². The van der Waals surface area contributed by atoms with Crippen molar-refractivity contribution in [2.24, 2.45) is 0 Å². The molecule has 0 spiro atoms. The van der Waals surface area contributed by atoms with Crippen LogP contribution in [0.2, 0.25) is 0 Å². The first-order valence-electron chi connectivity index (χ1n) is 6.24. The minimum atomic E-state index is -0.917. The van der Waals surface area contributed by atoms with E-state index in [0.29, 0.717) is 23.9 Å². The monoisotopic (exact) mass is 265 g/mol. The highest BCUT2D eigenvalue weighted by atomic mass is 19.2. The van der Waals surface area contributed by atoms with Gasteiger partial charge >= 0.3 is 0 Å². The van der Waals surface area contributed by atoms with Gasteiger partial charge in [-0.05, 0) is 31.0 Å². The van der Waals surface area contributed by atoms with Gasteiger partial charge in [0, 0.05) is 24.6 Å². The van der Waals surface area contributed by atoms with Crippen LogP contribution in [0.15, 0.2) is 22.7 Å². The second kappa shape index (κ2) is 5.05. The van der Waals surface area contributed by atoms with Gasteiger partial charge in [-0.25, -0.2) is 8.78 Å². The molecule has 0 amide bonds. The van der Waals surface area contributed by atoms with Crippen LogP contribution in [0.3, 0.4) is 0 Å². The Morgan fingerprint density at radius 2 is 2.11 bits per heavy atom. The highest BCUT2D eigenvalue weighted by Crippen LogP contribution is 2.20. The van der Waals surface area contributed by atoms with Crippen molar-refractivity contribution in [2.45, 2.75) is 25.3 Å². The molecule has 6 heteroatoms. The molecule has 0 aliphatic heterocycles. The molecule has 4 nitrogen and oxygen atoms in total. The van der Waals surface area contributed by atoms with Crippen LogP contribution in [0.5, 0.6) is 0 Å². The molecule has 1 aliphatic rings. The summed E-state index contributed by atoms with van der Waals surface area (Å²) >= 11 is 0. The summed E-state index contributed by atoms with van der Waals surface area (Å²) in [5, 5.41) is 7.10. The molecule has 0 bridgehead atoms. The van der Waals surface area contributed by atoms with Crippen LogP contribution in [0, 0.1) is 11.6 Å². The Morgan fingerprint density at radius 1 is 1.26 bits per heavy atom. The van der Waals surface area contributed by atoms with Crippen LogP contribution in [-0.2, 0) is 6.42 Å². The Hall–Kier alpha value is -1.82. The first-order chi connectivity index (χ1) is 9.22. The number of hydrogen-bond donors (Lipinski definition) is 1. The van der Waals surface area contributed by atoms with Crippen LogP contribution in [0.4, 0.5) is 8.78 Å². The van der Waals surface area contributed by atoms with E-state index in [1.165, 1.54) is 18.9 Å². The molecule has 100 valence electrons. The minimum Gasteiger partial charge on any atom is -0.339 e. The predicted octanol–water partition coefficient (Wildman–Crippen LogP) is 2.31. The van der Waals surface area contributed by atoms with Gasteiger partial charge in [-0.15, -0.1) is 0 Å². The number of aromatic nitrogens is 2. The van der Waals surface area contributed by atoms with Crippen molar-refractivity contribution in [3.05, 3.63) is 35.7 Å². The van der Waals surface area contributed by atoms with Gasteiger partial charge in [-0.3, -0.25) is 0 Å². The Labute approximate surface area is 108 Å². The van der Waals surface area contributed by atoms with Gasteiger partial charge < -0.3 is 9.84 Å². The lowest BCUT2D eigenvalue weighted by molar-refractivity contribution is 0.376. The average molecular weight is 265 g/mol. The van der Waals surface area contributed by atoms with E-state index in [9.17, 15) is 8.78 Å². The molecule has 19 heavy (non-hydrogen) atoms. The fourth-order valence-corrected chi connectivity index (χ4v) is 1.78. The highest BCUT2D eigenvalue weighted by molar-refractivity contribution is 5.54. The summed E-state index contributed by atoms with van der Waals surface area (Å²) in [6.07, 6.45) is 3.08. The highest BCUT2D eigenvalue weighted by Gasteiger charge is 2.20. The van der Waals surface area contributed by atoms with E-state index in [1.54, 1.807) is 0 Å². The summed E-state index contributed by atoms with van der Waals surface area (Å²) in [5.41, 5.74) is 0.407. The number of benzene rings is 1. The van der Waals surface area contributed by atoms with Gasteiger partial charge in [0.2, 0.25) is 11.7 Å². The molecule has 1 aromatic carbocycles. The maximum absolute atomic E-state index is 13.1. The fourth-order valence-electron chi connectivity index (χ4n) is 1.78. The molecular weight excluding hydrogens is 252 g/mol. The Kier molecular flexibility index (Phi) is 3.25. The molecule has 0 radical (unpaired) electrons. The second-order valence-corrected chi connectivity index (χ2v) is 4.62. The molecular formula is C13H13F2N3O. The van der Waals surface area contributed by atoms with Gasteiger partial charge in [-0.2, -0.15) is 4.98 Å². The van der Waals surface area contributed by atoms with Crippen molar-refractivity contribution in [3.8, 4) is 11.4 Å². The molecule has 0 unspecified atom stereocenters.